The van der Waals surface area contributed by atoms with Crippen molar-refractivity contribution in [3.8, 4) is 0 Å². The molecule has 1 saturated heterocycles. The van der Waals surface area contributed by atoms with Crippen molar-refractivity contribution >= 4 is 29.9 Å². The van der Waals surface area contributed by atoms with Crippen LogP contribution in [0.1, 0.15) is 31.7 Å². The highest BCUT2D eigenvalue weighted by molar-refractivity contribution is 5.88. The van der Waals surface area contributed by atoms with Crippen LogP contribution in [0.3, 0.4) is 0 Å². The van der Waals surface area contributed by atoms with Crippen molar-refractivity contribution in [2.24, 2.45) is 5.92 Å². The van der Waals surface area contributed by atoms with Gasteiger partial charge in [-0.1, -0.05) is 12.1 Å². The van der Waals surface area contributed by atoms with Crippen LogP contribution in [0, 0.1) is 5.92 Å². The van der Waals surface area contributed by atoms with Gasteiger partial charge in [-0.2, -0.15) is 0 Å². The highest BCUT2D eigenvalue weighted by Gasteiger charge is 2.15. The predicted molar refractivity (Wildman–Crippen MR) is 90.1 cm³/mol. The van der Waals surface area contributed by atoms with Gasteiger partial charge < -0.3 is 16.0 Å². The minimum Gasteiger partial charge on any atom is -0.352 e. The van der Waals surface area contributed by atoms with Crippen molar-refractivity contribution in [2.75, 3.05) is 18.4 Å². The number of hydrogen-bond acceptors (Lipinski definition) is 3. The fourth-order valence-corrected chi connectivity index (χ4v) is 2.55. The van der Waals surface area contributed by atoms with Gasteiger partial charge in [0, 0.05) is 25.6 Å². The molecule has 22 heavy (non-hydrogen) atoms. The first-order chi connectivity index (χ1) is 10.1. The van der Waals surface area contributed by atoms with Gasteiger partial charge in [0.05, 0.1) is 0 Å². The molecule has 5 nitrogen and oxygen atoms in total. The number of hydrogen-bond donors (Lipinski definition) is 3. The Labute approximate surface area is 137 Å². The summed E-state index contributed by atoms with van der Waals surface area (Å²) in [7, 11) is 0. The molecule has 122 valence electrons. The second kappa shape index (κ2) is 9.43. The van der Waals surface area contributed by atoms with Gasteiger partial charge >= 0.3 is 0 Å². The van der Waals surface area contributed by atoms with Crippen LogP contribution in [0.2, 0.25) is 0 Å². The van der Waals surface area contributed by atoms with Gasteiger partial charge in [0.1, 0.15) is 0 Å². The molecule has 6 heteroatoms. The molecule has 2 rings (SSSR count). The number of carbonyl (C=O) groups is 2. The zero-order chi connectivity index (χ0) is 15.1. The van der Waals surface area contributed by atoms with Crippen molar-refractivity contribution < 1.29 is 9.59 Å². The van der Waals surface area contributed by atoms with E-state index in [0.717, 1.165) is 30.8 Å². The fraction of sp³-hybridized carbons (Fsp3) is 0.500. The number of rotatable bonds is 6. The lowest BCUT2D eigenvalue weighted by molar-refractivity contribution is -0.121. The van der Waals surface area contributed by atoms with E-state index in [0.29, 0.717) is 18.9 Å². The molecule has 2 amide bonds. The number of amides is 2. The molecule has 1 unspecified atom stereocenters. The Morgan fingerprint density at radius 2 is 2.18 bits per heavy atom. The molecule has 0 aromatic heterocycles. The Kier molecular flexibility index (Phi) is 7.91. The predicted octanol–water partition coefficient (Wildman–Crippen LogP) is 2.07. The van der Waals surface area contributed by atoms with Crippen LogP contribution in [0.15, 0.2) is 24.3 Å². The standard InChI is InChI=1S/C16H23N3O2.ClH/c1-12(20)19-15-4-2-3-14(9-15)11-18-16(21)6-5-13-7-8-17-10-13;/h2-4,9,13,17H,5-8,10-11H2,1H3,(H,18,21)(H,19,20);1H. The Hall–Kier alpha value is -1.59. The molecule has 0 spiro atoms. The summed E-state index contributed by atoms with van der Waals surface area (Å²) >= 11 is 0. The lowest BCUT2D eigenvalue weighted by Gasteiger charge is -2.09. The largest absolute Gasteiger partial charge is 0.352 e. The number of anilines is 1. The molecule has 1 atom stereocenters. The van der Waals surface area contributed by atoms with Gasteiger partial charge in [0.25, 0.3) is 0 Å². The molecule has 0 bridgehead atoms. The van der Waals surface area contributed by atoms with Gasteiger partial charge in [-0.05, 0) is 49.5 Å². The van der Waals surface area contributed by atoms with E-state index < -0.39 is 0 Å². The van der Waals surface area contributed by atoms with Crippen LogP contribution in [0.25, 0.3) is 0 Å². The van der Waals surface area contributed by atoms with E-state index in [-0.39, 0.29) is 24.2 Å². The van der Waals surface area contributed by atoms with Crippen molar-refractivity contribution in [2.45, 2.75) is 32.7 Å². The number of carbonyl (C=O) groups excluding carboxylic acids is 2. The SMILES string of the molecule is CC(=O)Nc1cccc(CNC(=O)CCC2CCNC2)c1.Cl. The Bertz CT molecular complexity index is 502. The molecule has 0 saturated carbocycles. The van der Waals surface area contributed by atoms with E-state index in [1.165, 1.54) is 13.3 Å². The maximum absolute atomic E-state index is 11.8. The monoisotopic (exact) mass is 325 g/mol. The summed E-state index contributed by atoms with van der Waals surface area (Å²) in [5.41, 5.74) is 1.74. The summed E-state index contributed by atoms with van der Waals surface area (Å²) in [5, 5.41) is 8.98. The summed E-state index contributed by atoms with van der Waals surface area (Å²) in [6.45, 7) is 4.08. The third-order valence-corrected chi connectivity index (χ3v) is 3.68. The molecule has 1 aliphatic heterocycles. The van der Waals surface area contributed by atoms with Crippen LogP contribution in [-0.2, 0) is 16.1 Å². The average Bonchev–Trinajstić information content (AvgIpc) is 2.96. The first-order valence-electron chi connectivity index (χ1n) is 7.47. The molecule has 1 fully saturated rings. The van der Waals surface area contributed by atoms with E-state index >= 15 is 0 Å². The Morgan fingerprint density at radius 1 is 1.36 bits per heavy atom. The molecular weight excluding hydrogens is 302 g/mol. The minimum atomic E-state index is -0.0960. The van der Waals surface area contributed by atoms with Gasteiger partial charge in [-0.3, -0.25) is 9.59 Å². The van der Waals surface area contributed by atoms with E-state index in [9.17, 15) is 9.59 Å². The van der Waals surface area contributed by atoms with Gasteiger partial charge in [0.15, 0.2) is 0 Å². The number of nitrogens with one attached hydrogen (secondary N) is 3. The van der Waals surface area contributed by atoms with Gasteiger partial charge in [-0.15, -0.1) is 12.4 Å². The number of benzene rings is 1. The maximum Gasteiger partial charge on any atom is 0.221 e. The first kappa shape index (κ1) is 18.5. The zero-order valence-electron chi connectivity index (χ0n) is 12.9. The zero-order valence-corrected chi connectivity index (χ0v) is 13.7. The van der Waals surface area contributed by atoms with Crippen molar-refractivity contribution in [1.82, 2.24) is 10.6 Å². The third kappa shape index (κ3) is 6.45. The average molecular weight is 326 g/mol. The van der Waals surface area contributed by atoms with E-state index in [2.05, 4.69) is 16.0 Å². The van der Waals surface area contributed by atoms with Crippen molar-refractivity contribution in [1.29, 1.82) is 0 Å². The van der Waals surface area contributed by atoms with Crippen LogP contribution >= 0.6 is 12.4 Å². The first-order valence-corrected chi connectivity index (χ1v) is 7.47. The van der Waals surface area contributed by atoms with Crippen molar-refractivity contribution in [3.63, 3.8) is 0 Å². The summed E-state index contributed by atoms with van der Waals surface area (Å²) in [4.78, 5) is 22.9. The number of halogens is 1. The van der Waals surface area contributed by atoms with Crippen LogP contribution < -0.4 is 16.0 Å². The summed E-state index contributed by atoms with van der Waals surface area (Å²) in [6, 6.07) is 7.52. The normalized spacial score (nSPS) is 16.7. The lowest BCUT2D eigenvalue weighted by atomic mass is 10.0. The molecule has 0 aliphatic carbocycles. The minimum absolute atomic E-state index is 0. The molecule has 1 heterocycles. The highest BCUT2D eigenvalue weighted by Crippen LogP contribution is 2.14. The lowest BCUT2D eigenvalue weighted by Crippen LogP contribution is -2.23. The Morgan fingerprint density at radius 3 is 2.86 bits per heavy atom. The topological polar surface area (TPSA) is 70.2 Å². The molecule has 1 aromatic carbocycles. The van der Waals surface area contributed by atoms with E-state index in [1.807, 2.05) is 24.3 Å². The Balaban J connectivity index is 0.00000242. The van der Waals surface area contributed by atoms with Crippen LogP contribution in [0.5, 0.6) is 0 Å². The smallest absolute Gasteiger partial charge is 0.221 e. The van der Waals surface area contributed by atoms with E-state index in [4.69, 9.17) is 0 Å². The van der Waals surface area contributed by atoms with Gasteiger partial charge in [-0.25, -0.2) is 0 Å². The summed E-state index contributed by atoms with van der Waals surface area (Å²) in [6.07, 6.45) is 2.70. The fourth-order valence-electron chi connectivity index (χ4n) is 2.55. The second-order valence-corrected chi connectivity index (χ2v) is 5.56. The highest BCUT2D eigenvalue weighted by atomic mass is 35.5. The summed E-state index contributed by atoms with van der Waals surface area (Å²) < 4.78 is 0. The van der Waals surface area contributed by atoms with Crippen molar-refractivity contribution in [3.05, 3.63) is 29.8 Å². The molecule has 0 radical (unpaired) electrons. The molecular formula is C16H24ClN3O2. The quantitative estimate of drug-likeness (QED) is 0.750. The third-order valence-electron chi connectivity index (χ3n) is 3.68. The molecule has 1 aliphatic rings. The van der Waals surface area contributed by atoms with E-state index in [1.54, 1.807) is 0 Å². The van der Waals surface area contributed by atoms with Crippen LogP contribution in [-0.4, -0.2) is 24.9 Å². The second-order valence-electron chi connectivity index (χ2n) is 5.56. The van der Waals surface area contributed by atoms with Gasteiger partial charge in [0.2, 0.25) is 11.8 Å². The maximum atomic E-state index is 11.8. The van der Waals surface area contributed by atoms with Crippen LogP contribution in [0.4, 0.5) is 5.69 Å². The molecule has 1 aromatic rings. The summed E-state index contributed by atoms with van der Waals surface area (Å²) in [5.74, 6) is 0.632. The molecule has 3 N–H and O–H groups in total.